The standard InChI is InChI=1S/C16H11BrCl2N4O/c17-9-1-4-11(5-2-9)24-16-14(20)15(21-8-22-16)23-13-6-3-10(18)7-12(13)19/h1-8H,20H2,(H,21,22,23). The molecule has 0 fully saturated rings. The molecular weight excluding hydrogens is 415 g/mol. The molecule has 0 saturated heterocycles. The summed E-state index contributed by atoms with van der Waals surface area (Å²) in [5.41, 5.74) is 6.99. The maximum Gasteiger partial charge on any atom is 0.248 e. The fourth-order valence-electron chi connectivity index (χ4n) is 1.89. The van der Waals surface area contributed by atoms with Crippen LogP contribution in [0.25, 0.3) is 0 Å². The van der Waals surface area contributed by atoms with Crippen LogP contribution in [0.2, 0.25) is 10.0 Å². The average Bonchev–Trinajstić information content (AvgIpc) is 2.55. The Labute approximate surface area is 156 Å². The Morgan fingerprint density at radius 3 is 2.50 bits per heavy atom. The second kappa shape index (κ2) is 7.25. The second-order valence-corrected chi connectivity index (χ2v) is 6.51. The van der Waals surface area contributed by atoms with Crippen LogP contribution in [0.15, 0.2) is 53.3 Å². The largest absolute Gasteiger partial charge is 0.437 e. The van der Waals surface area contributed by atoms with Gasteiger partial charge in [-0.05, 0) is 42.5 Å². The zero-order valence-corrected chi connectivity index (χ0v) is 15.2. The van der Waals surface area contributed by atoms with Gasteiger partial charge < -0.3 is 15.8 Å². The van der Waals surface area contributed by atoms with Crippen LogP contribution in [0.5, 0.6) is 11.6 Å². The Kier molecular flexibility index (Phi) is 5.08. The Balaban J connectivity index is 1.86. The molecule has 0 saturated carbocycles. The lowest BCUT2D eigenvalue weighted by Crippen LogP contribution is -2.03. The Hall–Kier alpha value is -2.02. The number of hydrogen-bond donors (Lipinski definition) is 2. The highest BCUT2D eigenvalue weighted by Gasteiger charge is 2.12. The van der Waals surface area contributed by atoms with Gasteiger partial charge in [-0.2, -0.15) is 4.98 Å². The van der Waals surface area contributed by atoms with Crippen LogP contribution in [0.4, 0.5) is 17.2 Å². The summed E-state index contributed by atoms with van der Waals surface area (Å²) in [6, 6.07) is 12.4. The predicted molar refractivity (Wildman–Crippen MR) is 100 cm³/mol. The summed E-state index contributed by atoms with van der Waals surface area (Å²) in [5, 5.41) is 4.05. The molecule has 0 aliphatic rings. The molecule has 0 amide bonds. The van der Waals surface area contributed by atoms with Crippen LogP contribution in [0.3, 0.4) is 0 Å². The van der Waals surface area contributed by atoms with E-state index in [1.54, 1.807) is 30.3 Å². The molecule has 0 atom stereocenters. The van der Waals surface area contributed by atoms with Crippen LogP contribution >= 0.6 is 39.1 Å². The average molecular weight is 426 g/mol. The van der Waals surface area contributed by atoms with Crippen molar-refractivity contribution in [3.05, 3.63) is 63.3 Å². The number of nitrogens with zero attached hydrogens (tertiary/aromatic N) is 2. The molecular formula is C16H11BrCl2N4O. The van der Waals surface area contributed by atoms with E-state index in [1.807, 2.05) is 12.1 Å². The predicted octanol–water partition coefficient (Wildman–Crippen LogP) is 5.66. The molecule has 3 rings (SSSR count). The van der Waals surface area contributed by atoms with Gasteiger partial charge in [0.1, 0.15) is 17.8 Å². The van der Waals surface area contributed by atoms with Gasteiger partial charge in [-0.15, -0.1) is 0 Å². The first kappa shape index (κ1) is 16.8. The van der Waals surface area contributed by atoms with Gasteiger partial charge in [0.2, 0.25) is 5.88 Å². The van der Waals surface area contributed by atoms with E-state index in [1.165, 1.54) is 6.33 Å². The van der Waals surface area contributed by atoms with E-state index in [2.05, 4.69) is 31.2 Å². The van der Waals surface area contributed by atoms with Crippen molar-refractivity contribution in [2.45, 2.75) is 0 Å². The third-order valence-corrected chi connectivity index (χ3v) is 4.14. The molecule has 0 unspecified atom stereocenters. The summed E-state index contributed by atoms with van der Waals surface area (Å²) in [6.07, 6.45) is 1.36. The third-order valence-electron chi connectivity index (χ3n) is 3.06. The van der Waals surface area contributed by atoms with E-state index in [0.717, 1.165) is 4.47 Å². The van der Waals surface area contributed by atoms with Gasteiger partial charge >= 0.3 is 0 Å². The highest BCUT2D eigenvalue weighted by atomic mass is 79.9. The quantitative estimate of drug-likeness (QED) is 0.563. The molecule has 3 N–H and O–H groups in total. The highest BCUT2D eigenvalue weighted by molar-refractivity contribution is 9.10. The van der Waals surface area contributed by atoms with E-state index >= 15 is 0 Å². The number of nitrogens with one attached hydrogen (secondary N) is 1. The first-order valence-electron chi connectivity index (χ1n) is 6.79. The molecule has 122 valence electrons. The fourth-order valence-corrected chi connectivity index (χ4v) is 2.61. The summed E-state index contributed by atoms with van der Waals surface area (Å²) in [7, 11) is 0. The summed E-state index contributed by atoms with van der Waals surface area (Å²) >= 11 is 15.4. The van der Waals surface area contributed by atoms with E-state index < -0.39 is 0 Å². The summed E-state index contributed by atoms with van der Waals surface area (Å²) in [4.78, 5) is 8.20. The molecule has 1 heterocycles. The molecule has 0 radical (unpaired) electrons. The van der Waals surface area contributed by atoms with Gasteiger partial charge in [0.25, 0.3) is 0 Å². The van der Waals surface area contributed by atoms with Gasteiger partial charge in [0.05, 0.1) is 10.7 Å². The van der Waals surface area contributed by atoms with Gasteiger partial charge in [0.15, 0.2) is 5.82 Å². The molecule has 5 nitrogen and oxygen atoms in total. The molecule has 0 aliphatic carbocycles. The van der Waals surface area contributed by atoms with Crippen LogP contribution in [-0.2, 0) is 0 Å². The number of hydrogen-bond acceptors (Lipinski definition) is 5. The zero-order valence-electron chi connectivity index (χ0n) is 12.1. The number of anilines is 3. The first-order valence-corrected chi connectivity index (χ1v) is 8.34. The van der Waals surface area contributed by atoms with Gasteiger partial charge in [-0.3, -0.25) is 0 Å². The molecule has 24 heavy (non-hydrogen) atoms. The van der Waals surface area contributed by atoms with E-state index in [-0.39, 0.29) is 11.6 Å². The first-order chi connectivity index (χ1) is 11.5. The Morgan fingerprint density at radius 1 is 1.04 bits per heavy atom. The van der Waals surface area contributed by atoms with Crippen molar-refractivity contribution in [2.24, 2.45) is 0 Å². The topological polar surface area (TPSA) is 73.1 Å². The normalized spacial score (nSPS) is 10.5. The summed E-state index contributed by atoms with van der Waals surface area (Å²) in [6.45, 7) is 0. The molecule has 0 spiro atoms. The van der Waals surface area contributed by atoms with Gasteiger partial charge in [0, 0.05) is 9.50 Å². The van der Waals surface area contributed by atoms with Crippen LogP contribution in [0, 0.1) is 0 Å². The molecule has 3 aromatic rings. The monoisotopic (exact) mass is 424 g/mol. The minimum atomic E-state index is 0.250. The van der Waals surface area contributed by atoms with Crippen molar-refractivity contribution in [1.82, 2.24) is 9.97 Å². The number of ether oxygens (including phenoxy) is 1. The molecule has 2 aromatic carbocycles. The smallest absolute Gasteiger partial charge is 0.248 e. The maximum atomic E-state index is 6.15. The minimum Gasteiger partial charge on any atom is -0.437 e. The lowest BCUT2D eigenvalue weighted by atomic mass is 10.3. The van der Waals surface area contributed by atoms with Crippen molar-refractivity contribution in [3.8, 4) is 11.6 Å². The Morgan fingerprint density at radius 2 is 1.79 bits per heavy atom. The SMILES string of the molecule is Nc1c(Nc2ccc(Cl)cc2Cl)ncnc1Oc1ccc(Br)cc1. The van der Waals surface area contributed by atoms with Gasteiger partial charge in [-0.25, -0.2) is 4.98 Å². The van der Waals surface area contributed by atoms with Crippen molar-refractivity contribution in [3.63, 3.8) is 0 Å². The number of aromatic nitrogens is 2. The second-order valence-electron chi connectivity index (χ2n) is 4.75. The fraction of sp³-hybridized carbons (Fsp3) is 0. The van der Waals surface area contributed by atoms with Crippen LogP contribution in [-0.4, -0.2) is 9.97 Å². The summed E-state index contributed by atoms with van der Waals surface area (Å²) in [5.74, 6) is 1.25. The van der Waals surface area contributed by atoms with E-state index in [9.17, 15) is 0 Å². The number of rotatable bonds is 4. The van der Waals surface area contributed by atoms with Crippen molar-refractivity contribution in [2.75, 3.05) is 11.1 Å². The lowest BCUT2D eigenvalue weighted by Gasteiger charge is -2.12. The van der Waals surface area contributed by atoms with E-state index in [0.29, 0.717) is 27.3 Å². The Bertz CT molecular complexity index is 874. The van der Waals surface area contributed by atoms with Crippen LogP contribution < -0.4 is 15.8 Å². The molecule has 0 aliphatic heterocycles. The molecule has 8 heteroatoms. The summed E-state index contributed by atoms with van der Waals surface area (Å²) < 4.78 is 6.65. The highest BCUT2D eigenvalue weighted by Crippen LogP contribution is 2.33. The van der Waals surface area contributed by atoms with Crippen molar-refractivity contribution < 1.29 is 4.74 Å². The lowest BCUT2D eigenvalue weighted by molar-refractivity contribution is 0.464. The third kappa shape index (κ3) is 3.90. The molecule has 0 bridgehead atoms. The maximum absolute atomic E-state index is 6.15. The zero-order chi connectivity index (χ0) is 17.1. The van der Waals surface area contributed by atoms with Gasteiger partial charge in [-0.1, -0.05) is 39.1 Å². The van der Waals surface area contributed by atoms with Crippen LogP contribution in [0.1, 0.15) is 0 Å². The minimum absolute atomic E-state index is 0.250. The molecule has 1 aromatic heterocycles. The van der Waals surface area contributed by atoms with Crippen molar-refractivity contribution in [1.29, 1.82) is 0 Å². The number of halogens is 3. The number of nitrogen functional groups attached to an aromatic ring is 1. The number of nitrogens with two attached hydrogens (primary N) is 1. The number of benzene rings is 2. The van der Waals surface area contributed by atoms with Crippen molar-refractivity contribution >= 4 is 56.3 Å². The van der Waals surface area contributed by atoms with E-state index in [4.69, 9.17) is 33.7 Å².